The molecule has 116 valence electrons. The van der Waals surface area contributed by atoms with Crippen molar-refractivity contribution in [3.05, 3.63) is 22.4 Å². The van der Waals surface area contributed by atoms with Crippen LogP contribution in [0.15, 0.2) is 17.5 Å². The Labute approximate surface area is 130 Å². The number of nitrogens with one attached hydrogen (secondary N) is 1. The normalized spacial score (nSPS) is 27.9. The molecular formula is C16H24N2O2S. The summed E-state index contributed by atoms with van der Waals surface area (Å²) in [6.07, 6.45) is 4.59. The number of amides is 1. The molecule has 3 atom stereocenters. The summed E-state index contributed by atoms with van der Waals surface area (Å²) in [5, 5.41) is 15.0. The third-order valence-electron chi connectivity index (χ3n) is 4.74. The van der Waals surface area contributed by atoms with Gasteiger partial charge in [-0.05, 0) is 56.6 Å². The number of aliphatic hydroxyl groups excluding tert-OH is 1. The predicted molar refractivity (Wildman–Crippen MR) is 84.2 cm³/mol. The summed E-state index contributed by atoms with van der Waals surface area (Å²) in [6.45, 7) is 2.89. The Morgan fingerprint density at radius 2 is 2.19 bits per heavy atom. The van der Waals surface area contributed by atoms with Crippen LogP contribution in [0.25, 0.3) is 0 Å². The number of hydrogen-bond acceptors (Lipinski definition) is 4. The lowest BCUT2D eigenvalue weighted by molar-refractivity contribution is -0.127. The summed E-state index contributed by atoms with van der Waals surface area (Å²) in [6, 6.07) is 4.52. The quantitative estimate of drug-likeness (QED) is 0.876. The molecule has 1 aromatic heterocycles. The zero-order valence-corrected chi connectivity index (χ0v) is 13.1. The predicted octanol–water partition coefficient (Wildman–Crippen LogP) is 2.16. The molecule has 4 nitrogen and oxygen atoms in total. The van der Waals surface area contributed by atoms with Gasteiger partial charge in [0, 0.05) is 11.4 Å². The van der Waals surface area contributed by atoms with E-state index in [-0.39, 0.29) is 17.9 Å². The molecule has 0 radical (unpaired) electrons. The van der Waals surface area contributed by atoms with Crippen molar-refractivity contribution in [2.45, 2.75) is 44.2 Å². The first-order valence-corrected chi connectivity index (χ1v) is 8.87. The van der Waals surface area contributed by atoms with Crippen LogP contribution >= 0.6 is 11.3 Å². The molecule has 2 fully saturated rings. The average Bonchev–Trinajstić information content (AvgIpc) is 3.21. The Balaban J connectivity index is 1.60. The molecule has 0 bridgehead atoms. The summed E-state index contributed by atoms with van der Waals surface area (Å²) < 4.78 is 0. The third kappa shape index (κ3) is 3.47. The van der Waals surface area contributed by atoms with Gasteiger partial charge in [0.25, 0.3) is 0 Å². The van der Waals surface area contributed by atoms with Gasteiger partial charge in [-0.25, -0.2) is 0 Å². The van der Waals surface area contributed by atoms with Gasteiger partial charge in [-0.1, -0.05) is 6.07 Å². The maximum absolute atomic E-state index is 12.3. The largest absolute Gasteiger partial charge is 0.392 e. The van der Waals surface area contributed by atoms with Crippen LogP contribution in [0.1, 0.15) is 43.0 Å². The zero-order chi connectivity index (χ0) is 14.7. The second-order valence-electron chi connectivity index (χ2n) is 6.12. The Morgan fingerprint density at radius 1 is 1.38 bits per heavy atom. The molecule has 2 aliphatic rings. The summed E-state index contributed by atoms with van der Waals surface area (Å²) >= 11 is 1.76. The number of nitrogens with zero attached hydrogens (tertiary/aromatic N) is 1. The molecule has 21 heavy (non-hydrogen) atoms. The number of carbonyl (C=O) groups excluding carboxylic acids is 1. The van der Waals surface area contributed by atoms with E-state index in [0.717, 1.165) is 32.4 Å². The lowest BCUT2D eigenvalue weighted by Gasteiger charge is -2.27. The molecule has 0 spiro atoms. The standard InChI is InChI=1S/C16H24N2O2S/c19-14-6-3-5-12(14)16(20)17-11-13(15-7-4-10-21-15)18-8-1-2-9-18/h4,7,10,12-14,19H,1-3,5-6,8-9,11H2,(H,17,20). The van der Waals surface area contributed by atoms with Crippen LogP contribution in [0.2, 0.25) is 0 Å². The van der Waals surface area contributed by atoms with E-state index in [4.69, 9.17) is 0 Å². The van der Waals surface area contributed by atoms with Gasteiger partial charge in [-0.15, -0.1) is 11.3 Å². The molecule has 2 heterocycles. The SMILES string of the molecule is O=C(NCC(c1cccs1)N1CCCC1)C1CCCC1O. The lowest BCUT2D eigenvalue weighted by Crippen LogP contribution is -2.40. The van der Waals surface area contributed by atoms with Crippen LogP contribution in [-0.4, -0.2) is 41.7 Å². The fourth-order valence-corrected chi connectivity index (χ4v) is 4.38. The minimum absolute atomic E-state index is 0.0285. The maximum atomic E-state index is 12.3. The first-order chi connectivity index (χ1) is 10.3. The highest BCUT2D eigenvalue weighted by Gasteiger charge is 2.32. The van der Waals surface area contributed by atoms with E-state index in [1.54, 1.807) is 11.3 Å². The summed E-state index contributed by atoms with van der Waals surface area (Å²) in [4.78, 5) is 16.1. The van der Waals surface area contributed by atoms with Crippen molar-refractivity contribution in [1.82, 2.24) is 10.2 Å². The van der Waals surface area contributed by atoms with Crippen molar-refractivity contribution in [2.24, 2.45) is 5.92 Å². The Morgan fingerprint density at radius 3 is 2.81 bits per heavy atom. The van der Waals surface area contributed by atoms with Crippen molar-refractivity contribution in [3.8, 4) is 0 Å². The van der Waals surface area contributed by atoms with E-state index in [1.807, 2.05) is 0 Å². The second kappa shape index (κ2) is 6.90. The van der Waals surface area contributed by atoms with Gasteiger partial charge in [0.1, 0.15) is 0 Å². The summed E-state index contributed by atoms with van der Waals surface area (Å²) in [5.41, 5.74) is 0. The topological polar surface area (TPSA) is 52.6 Å². The van der Waals surface area contributed by atoms with Gasteiger partial charge in [0.05, 0.1) is 18.1 Å². The monoisotopic (exact) mass is 308 g/mol. The molecule has 2 N–H and O–H groups in total. The number of carbonyl (C=O) groups is 1. The molecule has 1 amide bonds. The minimum atomic E-state index is -0.447. The van der Waals surface area contributed by atoms with Crippen LogP contribution in [-0.2, 0) is 4.79 Å². The molecule has 0 aromatic carbocycles. The highest BCUT2D eigenvalue weighted by molar-refractivity contribution is 7.10. The minimum Gasteiger partial charge on any atom is -0.392 e. The van der Waals surface area contributed by atoms with Gasteiger partial charge in [0.15, 0.2) is 0 Å². The molecule has 3 rings (SSSR count). The molecule has 3 unspecified atom stereocenters. The molecule has 5 heteroatoms. The van der Waals surface area contributed by atoms with Gasteiger partial charge >= 0.3 is 0 Å². The smallest absolute Gasteiger partial charge is 0.225 e. The van der Waals surface area contributed by atoms with Crippen LogP contribution < -0.4 is 5.32 Å². The van der Waals surface area contributed by atoms with E-state index < -0.39 is 6.10 Å². The van der Waals surface area contributed by atoms with Crippen LogP contribution in [0.3, 0.4) is 0 Å². The zero-order valence-electron chi connectivity index (χ0n) is 12.3. The first-order valence-electron chi connectivity index (χ1n) is 7.99. The van der Waals surface area contributed by atoms with Gasteiger partial charge in [-0.3, -0.25) is 9.69 Å². The first kappa shape index (κ1) is 15.0. The van der Waals surface area contributed by atoms with E-state index in [0.29, 0.717) is 6.54 Å². The third-order valence-corrected chi connectivity index (χ3v) is 5.71. The fraction of sp³-hybridized carbons (Fsp3) is 0.688. The Hall–Kier alpha value is -0.910. The highest BCUT2D eigenvalue weighted by atomic mass is 32.1. The molecule has 1 saturated heterocycles. The van der Waals surface area contributed by atoms with E-state index in [2.05, 4.69) is 27.7 Å². The number of thiophene rings is 1. The molecule has 1 aliphatic carbocycles. The van der Waals surface area contributed by atoms with Crippen molar-refractivity contribution in [1.29, 1.82) is 0 Å². The van der Waals surface area contributed by atoms with Crippen molar-refractivity contribution >= 4 is 17.2 Å². The Kier molecular flexibility index (Phi) is 4.93. The van der Waals surface area contributed by atoms with Gasteiger partial charge in [0.2, 0.25) is 5.91 Å². The van der Waals surface area contributed by atoms with Crippen molar-refractivity contribution in [2.75, 3.05) is 19.6 Å². The lowest BCUT2D eigenvalue weighted by atomic mass is 10.1. The number of rotatable bonds is 5. The van der Waals surface area contributed by atoms with Crippen molar-refractivity contribution in [3.63, 3.8) is 0 Å². The van der Waals surface area contributed by atoms with Gasteiger partial charge in [-0.2, -0.15) is 0 Å². The van der Waals surface area contributed by atoms with E-state index >= 15 is 0 Å². The van der Waals surface area contributed by atoms with E-state index in [1.165, 1.54) is 17.7 Å². The van der Waals surface area contributed by atoms with Crippen LogP contribution in [0.5, 0.6) is 0 Å². The Bertz CT molecular complexity index is 457. The molecule has 1 saturated carbocycles. The average molecular weight is 308 g/mol. The fourth-order valence-electron chi connectivity index (χ4n) is 3.52. The molecule has 1 aromatic rings. The van der Waals surface area contributed by atoms with E-state index in [9.17, 15) is 9.90 Å². The number of likely N-dealkylation sites (tertiary alicyclic amines) is 1. The van der Waals surface area contributed by atoms with Crippen LogP contribution in [0, 0.1) is 5.92 Å². The second-order valence-corrected chi connectivity index (χ2v) is 7.10. The molecular weight excluding hydrogens is 284 g/mol. The number of aliphatic hydroxyl groups is 1. The summed E-state index contributed by atoms with van der Waals surface area (Å²) in [7, 11) is 0. The van der Waals surface area contributed by atoms with Crippen molar-refractivity contribution < 1.29 is 9.90 Å². The number of hydrogen-bond donors (Lipinski definition) is 2. The summed E-state index contributed by atoms with van der Waals surface area (Å²) in [5.74, 6) is -0.173. The van der Waals surface area contributed by atoms with Gasteiger partial charge < -0.3 is 10.4 Å². The van der Waals surface area contributed by atoms with Crippen LogP contribution in [0.4, 0.5) is 0 Å². The highest BCUT2D eigenvalue weighted by Crippen LogP contribution is 2.29. The maximum Gasteiger partial charge on any atom is 0.225 e. The molecule has 1 aliphatic heterocycles.